The first-order valence-corrected chi connectivity index (χ1v) is 12.0. The van der Waals surface area contributed by atoms with Crippen LogP contribution in [0.4, 0.5) is 0 Å². The van der Waals surface area contributed by atoms with Gasteiger partial charge in [-0.15, -0.1) is 13.2 Å². The second kappa shape index (κ2) is 13.1. The fourth-order valence-corrected chi connectivity index (χ4v) is 4.26. The fraction of sp³-hybridized carbons (Fsp3) is 0.267. The van der Waals surface area contributed by atoms with E-state index in [-0.39, 0.29) is 11.8 Å². The molecule has 0 bridgehead atoms. The number of hydrogen-bond acceptors (Lipinski definition) is 4. The van der Waals surface area contributed by atoms with Crippen LogP contribution in [0.3, 0.4) is 0 Å². The van der Waals surface area contributed by atoms with Crippen molar-refractivity contribution in [1.82, 2.24) is 9.80 Å². The first-order valence-electron chi connectivity index (χ1n) is 12.0. The van der Waals surface area contributed by atoms with Crippen molar-refractivity contribution in [1.29, 1.82) is 0 Å². The van der Waals surface area contributed by atoms with Gasteiger partial charge >= 0.3 is 0 Å². The molecule has 1 fully saturated rings. The van der Waals surface area contributed by atoms with E-state index in [0.717, 1.165) is 22.6 Å². The van der Waals surface area contributed by atoms with Crippen molar-refractivity contribution in [2.24, 2.45) is 0 Å². The van der Waals surface area contributed by atoms with Gasteiger partial charge in [0.2, 0.25) is 11.8 Å². The molecule has 1 aliphatic rings. The molecule has 6 heteroatoms. The predicted octanol–water partition coefficient (Wildman–Crippen LogP) is 4.38. The van der Waals surface area contributed by atoms with Gasteiger partial charge in [0, 0.05) is 25.9 Å². The number of carbonyl (C=O) groups is 2. The number of amides is 2. The van der Waals surface area contributed by atoms with Gasteiger partial charge in [0.05, 0.1) is 0 Å². The van der Waals surface area contributed by atoms with E-state index in [1.54, 1.807) is 34.1 Å². The highest BCUT2D eigenvalue weighted by molar-refractivity contribution is 5.97. The smallest absolute Gasteiger partial charge is 0.246 e. The van der Waals surface area contributed by atoms with E-state index in [1.165, 1.54) is 0 Å². The zero-order chi connectivity index (χ0) is 25.9. The number of piperazine rings is 1. The molecule has 188 valence electrons. The maximum atomic E-state index is 13.7. The van der Waals surface area contributed by atoms with Crippen LogP contribution in [0.15, 0.2) is 99.2 Å². The van der Waals surface area contributed by atoms with Crippen LogP contribution in [0.1, 0.15) is 11.1 Å². The number of hydrogen-bond donors (Lipinski definition) is 0. The minimum absolute atomic E-state index is 0.0979. The molecular weight excluding hydrogens is 452 g/mol. The highest BCUT2D eigenvalue weighted by Crippen LogP contribution is 2.25. The molecule has 1 saturated heterocycles. The fourth-order valence-electron chi connectivity index (χ4n) is 4.26. The molecule has 0 radical (unpaired) electrons. The Morgan fingerprint density at radius 1 is 0.611 bits per heavy atom. The highest BCUT2D eigenvalue weighted by Gasteiger charge is 2.44. The second-order valence-electron chi connectivity index (χ2n) is 8.49. The molecule has 0 aromatic heterocycles. The van der Waals surface area contributed by atoms with E-state index in [1.807, 2.05) is 48.5 Å². The zero-order valence-corrected chi connectivity index (χ0v) is 20.7. The van der Waals surface area contributed by atoms with E-state index in [0.29, 0.717) is 39.1 Å². The third-order valence-electron chi connectivity index (χ3n) is 5.98. The van der Waals surface area contributed by atoms with Crippen molar-refractivity contribution < 1.29 is 19.1 Å². The normalized spacial score (nSPS) is 17.4. The summed E-state index contributed by atoms with van der Waals surface area (Å²) in [5.41, 5.74) is 1.88. The van der Waals surface area contributed by atoms with Crippen molar-refractivity contribution in [3.63, 3.8) is 0 Å². The lowest BCUT2D eigenvalue weighted by atomic mass is 9.94. The number of benzene rings is 2. The third-order valence-corrected chi connectivity index (χ3v) is 5.98. The number of ether oxygens (including phenoxy) is 2. The van der Waals surface area contributed by atoms with Crippen molar-refractivity contribution in [3.05, 3.63) is 110 Å². The van der Waals surface area contributed by atoms with Gasteiger partial charge in [-0.2, -0.15) is 0 Å². The number of rotatable bonds is 14. The summed E-state index contributed by atoms with van der Waals surface area (Å²) in [6.07, 6.45) is 7.49. The Balaban J connectivity index is 1.82. The molecule has 0 N–H and O–H groups in total. The van der Waals surface area contributed by atoms with Gasteiger partial charge < -0.3 is 19.3 Å². The Morgan fingerprint density at radius 3 is 1.28 bits per heavy atom. The van der Waals surface area contributed by atoms with Crippen LogP contribution in [0, 0.1) is 0 Å². The van der Waals surface area contributed by atoms with Crippen molar-refractivity contribution in [2.45, 2.75) is 24.9 Å². The lowest BCUT2D eigenvalue weighted by molar-refractivity contribution is -0.160. The minimum Gasteiger partial charge on any atom is -0.490 e. The maximum Gasteiger partial charge on any atom is 0.246 e. The Bertz CT molecular complexity index is 988. The first-order chi connectivity index (χ1) is 17.5. The zero-order valence-electron chi connectivity index (χ0n) is 20.7. The molecule has 2 aromatic carbocycles. The molecule has 2 amide bonds. The van der Waals surface area contributed by atoms with Crippen molar-refractivity contribution in [2.75, 3.05) is 26.3 Å². The van der Waals surface area contributed by atoms with E-state index >= 15 is 0 Å². The van der Waals surface area contributed by atoms with Crippen LogP contribution in [-0.2, 0) is 22.4 Å². The highest BCUT2D eigenvalue weighted by atomic mass is 16.5. The van der Waals surface area contributed by atoms with Crippen LogP contribution in [0.5, 0.6) is 11.5 Å². The van der Waals surface area contributed by atoms with Gasteiger partial charge in [0.1, 0.15) is 36.8 Å². The largest absolute Gasteiger partial charge is 0.490 e. The van der Waals surface area contributed by atoms with Gasteiger partial charge in [-0.3, -0.25) is 9.59 Å². The lowest BCUT2D eigenvalue weighted by Crippen LogP contribution is -2.65. The SMILES string of the molecule is C=CCOc1ccc(CC2C(=O)N(CC=C)C(Cc3ccc(OCC=C)cc3)C(=O)N2CC=C)cc1. The summed E-state index contributed by atoms with van der Waals surface area (Å²) in [7, 11) is 0. The van der Waals surface area contributed by atoms with Gasteiger partial charge in [0.25, 0.3) is 0 Å². The van der Waals surface area contributed by atoms with Gasteiger partial charge in [-0.1, -0.05) is 61.7 Å². The van der Waals surface area contributed by atoms with Crippen molar-refractivity contribution >= 4 is 11.8 Å². The summed E-state index contributed by atoms with van der Waals surface area (Å²) in [6.45, 7) is 16.4. The summed E-state index contributed by atoms with van der Waals surface area (Å²) < 4.78 is 11.1. The van der Waals surface area contributed by atoms with Crippen LogP contribution in [0.2, 0.25) is 0 Å². The predicted molar refractivity (Wildman–Crippen MR) is 143 cm³/mol. The molecule has 0 spiro atoms. The standard InChI is InChI=1S/C30H34N2O4/c1-5-17-31-27(21-23-9-13-25(14-10-23)35-19-7-3)30(34)32(18-6-2)28(29(31)33)22-24-11-15-26(16-12-24)36-20-8-4/h5-16,27-28H,1-4,17-22H2. The number of carbonyl (C=O) groups excluding carboxylic acids is 2. The molecule has 2 unspecified atom stereocenters. The maximum absolute atomic E-state index is 13.7. The Morgan fingerprint density at radius 2 is 0.972 bits per heavy atom. The third kappa shape index (κ3) is 6.54. The first kappa shape index (κ1) is 26.5. The minimum atomic E-state index is -0.624. The average molecular weight is 487 g/mol. The molecule has 6 nitrogen and oxygen atoms in total. The molecule has 2 aromatic rings. The molecule has 1 heterocycles. The average Bonchev–Trinajstić information content (AvgIpc) is 2.90. The van der Waals surface area contributed by atoms with E-state index < -0.39 is 12.1 Å². The summed E-state index contributed by atoms with van der Waals surface area (Å²) in [5, 5.41) is 0. The summed E-state index contributed by atoms with van der Waals surface area (Å²) in [4.78, 5) is 30.7. The van der Waals surface area contributed by atoms with Crippen LogP contribution in [-0.4, -0.2) is 60.0 Å². The van der Waals surface area contributed by atoms with Gasteiger partial charge in [0.15, 0.2) is 0 Å². The van der Waals surface area contributed by atoms with E-state index in [2.05, 4.69) is 26.3 Å². The monoisotopic (exact) mass is 486 g/mol. The molecule has 0 saturated carbocycles. The van der Waals surface area contributed by atoms with Crippen LogP contribution >= 0.6 is 0 Å². The molecule has 36 heavy (non-hydrogen) atoms. The van der Waals surface area contributed by atoms with Crippen LogP contribution in [0.25, 0.3) is 0 Å². The van der Waals surface area contributed by atoms with E-state index in [9.17, 15) is 9.59 Å². The van der Waals surface area contributed by atoms with Gasteiger partial charge in [-0.25, -0.2) is 0 Å². The van der Waals surface area contributed by atoms with Gasteiger partial charge in [-0.05, 0) is 35.4 Å². The van der Waals surface area contributed by atoms with Crippen molar-refractivity contribution in [3.8, 4) is 11.5 Å². The Kier molecular flexibility index (Phi) is 9.69. The molecule has 0 aliphatic carbocycles. The summed E-state index contributed by atoms with van der Waals surface area (Å²) >= 11 is 0. The molecular formula is C30H34N2O4. The molecule has 1 aliphatic heterocycles. The Labute approximate surface area is 213 Å². The van der Waals surface area contributed by atoms with E-state index in [4.69, 9.17) is 9.47 Å². The Hall–Kier alpha value is -4.06. The summed E-state index contributed by atoms with van der Waals surface area (Å²) in [5.74, 6) is 1.25. The summed E-state index contributed by atoms with van der Waals surface area (Å²) in [6, 6.07) is 13.9. The lowest BCUT2D eigenvalue weighted by Gasteiger charge is -2.44. The topological polar surface area (TPSA) is 59.1 Å². The molecule has 3 rings (SSSR count). The van der Waals surface area contributed by atoms with Crippen LogP contribution < -0.4 is 9.47 Å². The quantitative estimate of drug-likeness (QED) is 0.372. The molecule has 2 atom stereocenters. The number of nitrogens with zero attached hydrogens (tertiary/aromatic N) is 2. The second-order valence-corrected chi connectivity index (χ2v) is 8.49.